The topological polar surface area (TPSA) is 19.4 Å². The van der Waals surface area contributed by atoms with Crippen molar-refractivity contribution in [3.63, 3.8) is 0 Å². The molecule has 1 aromatic heterocycles. The van der Waals surface area contributed by atoms with Crippen LogP contribution in [-0.2, 0) is 0 Å². The molecule has 2 aliphatic rings. The van der Waals surface area contributed by atoms with Gasteiger partial charge in [0.15, 0.2) is 0 Å². The zero-order chi connectivity index (χ0) is 11.5. The van der Waals surface area contributed by atoms with Crippen LogP contribution in [0.4, 0.5) is 11.6 Å². The van der Waals surface area contributed by atoms with E-state index in [1.807, 2.05) is 0 Å². The molecule has 0 unspecified atom stereocenters. The van der Waals surface area contributed by atoms with Gasteiger partial charge in [-0.05, 0) is 44.2 Å². The molecule has 0 aromatic carbocycles. The zero-order valence-corrected chi connectivity index (χ0v) is 10.4. The van der Waals surface area contributed by atoms with E-state index in [-0.39, 0.29) is 0 Å². The van der Waals surface area contributed by atoms with Crippen molar-refractivity contribution < 1.29 is 0 Å². The van der Waals surface area contributed by atoms with Crippen molar-refractivity contribution in [2.24, 2.45) is 0 Å². The number of hydrogen-bond acceptors (Lipinski definition) is 3. The Morgan fingerprint density at radius 3 is 1.71 bits per heavy atom. The Morgan fingerprint density at radius 2 is 1.18 bits per heavy atom. The predicted molar refractivity (Wildman–Crippen MR) is 71.7 cm³/mol. The molecule has 2 fully saturated rings. The summed E-state index contributed by atoms with van der Waals surface area (Å²) in [5.74, 6) is 2.35. The highest BCUT2D eigenvalue weighted by atomic mass is 15.2. The summed E-state index contributed by atoms with van der Waals surface area (Å²) in [5, 5.41) is 0. The minimum absolute atomic E-state index is 1.17. The molecule has 92 valence electrons. The third-order valence-corrected chi connectivity index (χ3v) is 3.83. The van der Waals surface area contributed by atoms with Gasteiger partial charge in [-0.1, -0.05) is 6.07 Å². The Labute approximate surface area is 103 Å². The van der Waals surface area contributed by atoms with E-state index < -0.39 is 0 Å². The molecule has 0 aliphatic carbocycles. The van der Waals surface area contributed by atoms with Gasteiger partial charge in [0, 0.05) is 26.2 Å². The van der Waals surface area contributed by atoms with Crippen molar-refractivity contribution in [2.45, 2.75) is 32.1 Å². The van der Waals surface area contributed by atoms with Crippen LogP contribution in [0, 0.1) is 0 Å². The van der Waals surface area contributed by atoms with Crippen molar-refractivity contribution in [3.8, 4) is 0 Å². The van der Waals surface area contributed by atoms with Gasteiger partial charge in [0.2, 0.25) is 0 Å². The molecular formula is C14H21N3. The monoisotopic (exact) mass is 231 g/mol. The molecule has 3 heteroatoms. The molecule has 2 saturated heterocycles. The molecule has 0 bridgehead atoms. The predicted octanol–water partition coefficient (Wildman–Crippen LogP) is 2.67. The molecule has 0 spiro atoms. The lowest BCUT2D eigenvalue weighted by molar-refractivity contribution is 0.573. The van der Waals surface area contributed by atoms with Crippen LogP contribution >= 0.6 is 0 Å². The maximum absolute atomic E-state index is 4.83. The van der Waals surface area contributed by atoms with Crippen LogP contribution in [0.5, 0.6) is 0 Å². The second-order valence-electron chi connectivity index (χ2n) is 5.10. The van der Waals surface area contributed by atoms with Crippen molar-refractivity contribution in [1.82, 2.24) is 4.98 Å². The van der Waals surface area contributed by atoms with E-state index in [4.69, 9.17) is 4.98 Å². The Kier molecular flexibility index (Phi) is 3.16. The molecule has 2 aliphatic heterocycles. The number of pyridine rings is 1. The third kappa shape index (κ3) is 2.38. The molecule has 0 saturated carbocycles. The second-order valence-corrected chi connectivity index (χ2v) is 5.10. The fraction of sp³-hybridized carbons (Fsp3) is 0.643. The van der Waals surface area contributed by atoms with Crippen molar-refractivity contribution in [3.05, 3.63) is 18.2 Å². The number of hydrogen-bond donors (Lipinski definition) is 0. The first-order valence-electron chi connectivity index (χ1n) is 6.90. The average Bonchev–Trinajstić information content (AvgIpc) is 2.94. The average molecular weight is 231 g/mol. The maximum atomic E-state index is 4.83. The molecular weight excluding hydrogens is 210 g/mol. The molecule has 0 amide bonds. The Hall–Kier alpha value is -1.25. The van der Waals surface area contributed by atoms with Gasteiger partial charge >= 0.3 is 0 Å². The summed E-state index contributed by atoms with van der Waals surface area (Å²) in [5.41, 5.74) is 0. The van der Waals surface area contributed by atoms with Crippen LogP contribution in [0.2, 0.25) is 0 Å². The first kappa shape index (κ1) is 10.9. The van der Waals surface area contributed by atoms with E-state index in [1.54, 1.807) is 0 Å². The van der Waals surface area contributed by atoms with Gasteiger partial charge in [0.1, 0.15) is 11.6 Å². The first-order chi connectivity index (χ1) is 8.43. The van der Waals surface area contributed by atoms with E-state index in [2.05, 4.69) is 28.0 Å². The highest BCUT2D eigenvalue weighted by molar-refractivity contribution is 5.49. The van der Waals surface area contributed by atoms with Crippen LogP contribution in [0.15, 0.2) is 18.2 Å². The zero-order valence-electron chi connectivity index (χ0n) is 10.4. The quantitative estimate of drug-likeness (QED) is 0.780. The Bertz CT molecular complexity index is 365. The molecule has 17 heavy (non-hydrogen) atoms. The normalized spacial score (nSPS) is 20.9. The number of nitrogens with zero attached hydrogens (tertiary/aromatic N) is 3. The number of anilines is 2. The molecule has 3 nitrogen and oxygen atoms in total. The summed E-state index contributed by atoms with van der Waals surface area (Å²) in [4.78, 5) is 9.67. The van der Waals surface area contributed by atoms with Gasteiger partial charge < -0.3 is 9.80 Å². The van der Waals surface area contributed by atoms with Gasteiger partial charge in [-0.2, -0.15) is 0 Å². The highest BCUT2D eigenvalue weighted by Crippen LogP contribution is 2.23. The molecule has 0 atom stereocenters. The Morgan fingerprint density at radius 1 is 0.706 bits per heavy atom. The van der Waals surface area contributed by atoms with Gasteiger partial charge in [-0.3, -0.25) is 0 Å². The van der Waals surface area contributed by atoms with Gasteiger partial charge in [-0.15, -0.1) is 0 Å². The summed E-state index contributed by atoms with van der Waals surface area (Å²) in [6, 6.07) is 6.47. The number of aromatic nitrogens is 1. The molecule has 0 N–H and O–H groups in total. The third-order valence-electron chi connectivity index (χ3n) is 3.83. The lowest BCUT2D eigenvalue weighted by atomic mass is 10.1. The molecule has 0 radical (unpaired) electrons. The number of piperidine rings is 1. The molecule has 1 aromatic rings. The van der Waals surface area contributed by atoms with Crippen molar-refractivity contribution in [2.75, 3.05) is 36.0 Å². The summed E-state index contributed by atoms with van der Waals surface area (Å²) >= 11 is 0. The lowest BCUT2D eigenvalue weighted by Gasteiger charge is -2.28. The van der Waals surface area contributed by atoms with Crippen molar-refractivity contribution in [1.29, 1.82) is 0 Å². The van der Waals surface area contributed by atoms with E-state index >= 15 is 0 Å². The van der Waals surface area contributed by atoms with Crippen LogP contribution in [-0.4, -0.2) is 31.2 Å². The van der Waals surface area contributed by atoms with Crippen molar-refractivity contribution >= 4 is 11.6 Å². The summed E-state index contributed by atoms with van der Waals surface area (Å²) in [6.45, 7) is 4.71. The fourth-order valence-electron chi connectivity index (χ4n) is 2.83. The summed E-state index contributed by atoms with van der Waals surface area (Å²) < 4.78 is 0. The van der Waals surface area contributed by atoms with E-state index in [1.165, 1.54) is 69.9 Å². The maximum Gasteiger partial charge on any atom is 0.130 e. The van der Waals surface area contributed by atoms with Crippen LogP contribution in [0.1, 0.15) is 32.1 Å². The largest absolute Gasteiger partial charge is 0.357 e. The standard InChI is InChI=1S/C14H21N3/c1-2-9-16(10-3-1)13-7-6-8-14(15-13)17-11-4-5-12-17/h6-8H,1-5,9-12H2. The first-order valence-corrected chi connectivity index (χ1v) is 6.90. The van der Waals surface area contributed by atoms with Crippen LogP contribution in [0.3, 0.4) is 0 Å². The van der Waals surface area contributed by atoms with Gasteiger partial charge in [-0.25, -0.2) is 4.98 Å². The minimum atomic E-state index is 1.17. The minimum Gasteiger partial charge on any atom is -0.357 e. The van der Waals surface area contributed by atoms with Gasteiger partial charge in [0.25, 0.3) is 0 Å². The summed E-state index contributed by atoms with van der Waals surface area (Å²) in [7, 11) is 0. The summed E-state index contributed by atoms with van der Waals surface area (Å²) in [6.07, 6.45) is 6.64. The fourth-order valence-corrected chi connectivity index (χ4v) is 2.83. The molecule has 3 heterocycles. The highest BCUT2D eigenvalue weighted by Gasteiger charge is 2.16. The smallest absolute Gasteiger partial charge is 0.130 e. The Balaban J connectivity index is 1.77. The second kappa shape index (κ2) is 4.94. The van der Waals surface area contributed by atoms with E-state index in [0.29, 0.717) is 0 Å². The van der Waals surface area contributed by atoms with E-state index in [9.17, 15) is 0 Å². The van der Waals surface area contributed by atoms with Crippen LogP contribution < -0.4 is 9.80 Å². The number of rotatable bonds is 2. The lowest BCUT2D eigenvalue weighted by Crippen LogP contribution is -2.30. The van der Waals surface area contributed by atoms with Gasteiger partial charge in [0.05, 0.1) is 0 Å². The molecule has 3 rings (SSSR count). The SMILES string of the molecule is c1cc(N2CCCCC2)nc(N2CCCC2)c1. The van der Waals surface area contributed by atoms with E-state index in [0.717, 1.165) is 0 Å². The van der Waals surface area contributed by atoms with Crippen LogP contribution in [0.25, 0.3) is 0 Å².